The monoisotopic (exact) mass is 274 g/mol. The number of carbonyl (C=O) groups is 1. The van der Waals surface area contributed by atoms with Crippen LogP contribution in [0.15, 0.2) is 18.5 Å². The highest BCUT2D eigenvalue weighted by Gasteiger charge is 2.24. The molecule has 3 heterocycles. The zero-order valence-corrected chi connectivity index (χ0v) is 10.7. The molecule has 0 radical (unpaired) electrons. The molecule has 1 amide bonds. The molecule has 0 spiro atoms. The molecular weight excluding hydrogens is 260 g/mol. The first-order chi connectivity index (χ1) is 9.83. The summed E-state index contributed by atoms with van der Waals surface area (Å²) in [5.41, 5.74) is 0. The maximum Gasteiger partial charge on any atom is 0.293 e. The number of rotatable bonds is 3. The molecule has 1 atom stereocenters. The fraction of sp³-hybridized carbons (Fsp3) is 0.455. The lowest BCUT2D eigenvalue weighted by molar-refractivity contribution is 0.0922. The van der Waals surface area contributed by atoms with Gasteiger partial charge in [0.15, 0.2) is 0 Å². The maximum absolute atomic E-state index is 11.9. The van der Waals surface area contributed by atoms with Crippen molar-refractivity contribution in [2.24, 2.45) is 0 Å². The van der Waals surface area contributed by atoms with E-state index in [4.69, 9.17) is 0 Å². The SMILES string of the molecule is O=C(NC1CCCN(c2ncccn2)C1)c1nn[nH]n1. The summed E-state index contributed by atoms with van der Waals surface area (Å²) in [6.45, 7) is 1.56. The van der Waals surface area contributed by atoms with Gasteiger partial charge >= 0.3 is 0 Å². The van der Waals surface area contributed by atoms with Gasteiger partial charge < -0.3 is 10.2 Å². The summed E-state index contributed by atoms with van der Waals surface area (Å²) in [6.07, 6.45) is 5.30. The molecule has 20 heavy (non-hydrogen) atoms. The molecule has 1 unspecified atom stereocenters. The summed E-state index contributed by atoms with van der Waals surface area (Å²) < 4.78 is 0. The summed E-state index contributed by atoms with van der Waals surface area (Å²) in [5.74, 6) is 0.420. The second kappa shape index (κ2) is 5.59. The molecule has 2 aromatic heterocycles. The summed E-state index contributed by atoms with van der Waals surface area (Å²) in [6, 6.07) is 1.81. The van der Waals surface area contributed by atoms with E-state index in [-0.39, 0.29) is 17.8 Å². The molecular formula is C11H14N8O. The third-order valence-electron chi connectivity index (χ3n) is 3.14. The van der Waals surface area contributed by atoms with Gasteiger partial charge in [0.25, 0.3) is 11.7 Å². The van der Waals surface area contributed by atoms with Gasteiger partial charge in [-0.15, -0.1) is 10.2 Å². The Morgan fingerprint density at radius 1 is 1.40 bits per heavy atom. The van der Waals surface area contributed by atoms with Gasteiger partial charge in [-0.25, -0.2) is 9.97 Å². The van der Waals surface area contributed by atoms with Crippen LogP contribution in [0.25, 0.3) is 0 Å². The van der Waals surface area contributed by atoms with Crippen molar-refractivity contribution < 1.29 is 4.79 Å². The van der Waals surface area contributed by atoms with Gasteiger partial charge in [-0.05, 0) is 24.1 Å². The summed E-state index contributed by atoms with van der Waals surface area (Å²) in [4.78, 5) is 22.4. The lowest BCUT2D eigenvalue weighted by Gasteiger charge is -2.32. The third kappa shape index (κ3) is 2.71. The minimum absolute atomic E-state index is 0.0264. The molecule has 2 aromatic rings. The first-order valence-electron chi connectivity index (χ1n) is 6.39. The molecule has 104 valence electrons. The molecule has 2 N–H and O–H groups in total. The predicted octanol–water partition coefficient (Wildman–Crippen LogP) is -0.612. The number of aromatic amines is 1. The van der Waals surface area contributed by atoms with Crippen molar-refractivity contribution in [1.82, 2.24) is 35.9 Å². The first kappa shape index (κ1) is 12.5. The van der Waals surface area contributed by atoms with Crippen molar-refractivity contribution >= 4 is 11.9 Å². The number of anilines is 1. The van der Waals surface area contributed by atoms with E-state index in [1.54, 1.807) is 18.5 Å². The standard InChI is InChI=1S/C11H14N8O/c20-10(9-15-17-18-16-9)14-8-3-1-6-19(7-8)11-12-4-2-5-13-11/h2,4-5,8H,1,3,6-7H2,(H,14,20)(H,15,16,17,18). The van der Waals surface area contributed by atoms with E-state index >= 15 is 0 Å². The van der Waals surface area contributed by atoms with Crippen LogP contribution >= 0.6 is 0 Å². The smallest absolute Gasteiger partial charge is 0.293 e. The molecule has 1 aliphatic heterocycles. The largest absolute Gasteiger partial charge is 0.345 e. The van der Waals surface area contributed by atoms with E-state index in [0.717, 1.165) is 19.4 Å². The number of H-pyrrole nitrogens is 1. The van der Waals surface area contributed by atoms with E-state index in [0.29, 0.717) is 12.5 Å². The second-order valence-corrected chi connectivity index (χ2v) is 4.54. The average molecular weight is 274 g/mol. The Hall–Kier alpha value is -2.58. The maximum atomic E-state index is 11.9. The van der Waals surface area contributed by atoms with Gasteiger partial charge in [0.05, 0.1) is 0 Å². The number of nitrogens with one attached hydrogen (secondary N) is 2. The highest BCUT2D eigenvalue weighted by atomic mass is 16.2. The topological polar surface area (TPSA) is 113 Å². The van der Waals surface area contributed by atoms with Crippen molar-refractivity contribution in [3.63, 3.8) is 0 Å². The number of hydrogen-bond donors (Lipinski definition) is 2. The van der Waals surface area contributed by atoms with Gasteiger partial charge in [-0.2, -0.15) is 5.21 Å². The second-order valence-electron chi connectivity index (χ2n) is 4.54. The molecule has 1 fully saturated rings. The third-order valence-corrected chi connectivity index (χ3v) is 3.14. The molecule has 0 saturated carbocycles. The van der Waals surface area contributed by atoms with Crippen LogP contribution in [0.3, 0.4) is 0 Å². The Balaban J connectivity index is 1.62. The molecule has 0 aromatic carbocycles. The molecule has 9 nitrogen and oxygen atoms in total. The number of carbonyl (C=O) groups excluding carboxylic acids is 1. The Bertz CT molecular complexity index is 557. The van der Waals surface area contributed by atoms with Crippen LogP contribution in [-0.2, 0) is 0 Å². The Morgan fingerprint density at radius 3 is 3.00 bits per heavy atom. The van der Waals surface area contributed by atoms with Crippen LogP contribution in [-0.4, -0.2) is 55.6 Å². The fourth-order valence-corrected chi connectivity index (χ4v) is 2.24. The van der Waals surface area contributed by atoms with Gasteiger partial charge in [-0.1, -0.05) is 0 Å². The summed E-state index contributed by atoms with van der Waals surface area (Å²) >= 11 is 0. The van der Waals surface area contributed by atoms with Gasteiger partial charge in [0.2, 0.25) is 5.95 Å². The molecule has 3 rings (SSSR count). The zero-order valence-electron chi connectivity index (χ0n) is 10.7. The quantitative estimate of drug-likeness (QED) is 0.767. The Kier molecular flexibility index (Phi) is 3.48. The first-order valence-corrected chi connectivity index (χ1v) is 6.39. The molecule has 1 saturated heterocycles. The summed E-state index contributed by atoms with van der Waals surface area (Å²) in [7, 11) is 0. The summed E-state index contributed by atoms with van der Waals surface area (Å²) in [5, 5.41) is 15.9. The van der Waals surface area contributed by atoms with Gasteiger partial charge in [0.1, 0.15) is 0 Å². The van der Waals surface area contributed by atoms with Crippen molar-refractivity contribution in [1.29, 1.82) is 0 Å². The van der Waals surface area contributed by atoms with Crippen molar-refractivity contribution in [3.8, 4) is 0 Å². The van der Waals surface area contributed by atoms with E-state index < -0.39 is 0 Å². The van der Waals surface area contributed by atoms with Crippen LogP contribution in [0.4, 0.5) is 5.95 Å². The van der Waals surface area contributed by atoms with Crippen LogP contribution in [0.5, 0.6) is 0 Å². The van der Waals surface area contributed by atoms with Crippen LogP contribution in [0, 0.1) is 0 Å². The predicted molar refractivity (Wildman–Crippen MR) is 68.9 cm³/mol. The van der Waals surface area contributed by atoms with Crippen LogP contribution in [0.2, 0.25) is 0 Å². The number of aromatic nitrogens is 6. The molecule has 0 bridgehead atoms. The van der Waals surface area contributed by atoms with Crippen molar-refractivity contribution in [2.45, 2.75) is 18.9 Å². The van der Waals surface area contributed by atoms with Gasteiger partial charge in [0, 0.05) is 31.5 Å². The fourth-order valence-electron chi connectivity index (χ4n) is 2.24. The molecule has 1 aliphatic rings. The normalized spacial score (nSPS) is 18.8. The van der Waals surface area contributed by atoms with E-state index in [1.807, 2.05) is 0 Å². The van der Waals surface area contributed by atoms with Crippen molar-refractivity contribution in [3.05, 3.63) is 24.3 Å². The number of tetrazole rings is 1. The minimum Gasteiger partial charge on any atom is -0.345 e. The lowest BCUT2D eigenvalue weighted by atomic mass is 10.1. The highest BCUT2D eigenvalue weighted by Crippen LogP contribution is 2.15. The van der Waals surface area contributed by atoms with E-state index in [1.165, 1.54) is 0 Å². The van der Waals surface area contributed by atoms with Crippen LogP contribution < -0.4 is 10.2 Å². The van der Waals surface area contributed by atoms with Crippen LogP contribution in [0.1, 0.15) is 23.5 Å². The lowest BCUT2D eigenvalue weighted by Crippen LogP contribution is -2.48. The molecule has 0 aliphatic carbocycles. The number of amides is 1. The average Bonchev–Trinajstić information content (AvgIpc) is 3.03. The Morgan fingerprint density at radius 2 is 2.25 bits per heavy atom. The van der Waals surface area contributed by atoms with Crippen molar-refractivity contribution in [2.75, 3.05) is 18.0 Å². The minimum atomic E-state index is -0.320. The van der Waals surface area contributed by atoms with E-state index in [9.17, 15) is 4.79 Å². The van der Waals surface area contributed by atoms with E-state index in [2.05, 4.69) is 40.8 Å². The number of piperidine rings is 1. The number of hydrogen-bond acceptors (Lipinski definition) is 7. The highest BCUT2D eigenvalue weighted by molar-refractivity contribution is 5.90. The number of nitrogens with zero attached hydrogens (tertiary/aromatic N) is 6. The Labute approximate surface area is 114 Å². The zero-order chi connectivity index (χ0) is 13.8. The molecule has 9 heteroatoms. The van der Waals surface area contributed by atoms with Gasteiger partial charge in [-0.3, -0.25) is 4.79 Å².